The standard InChI is InChI=1S/C9H15BrN2S/c1-2-11-3-4-12-6-9-5-8(10)7-13-9/h5,7,11-12H,2-4,6H2,1H3. The molecule has 4 heteroatoms. The van der Waals surface area contributed by atoms with Gasteiger partial charge in [0.15, 0.2) is 0 Å². The predicted octanol–water partition coefficient (Wildman–Crippen LogP) is 2.21. The summed E-state index contributed by atoms with van der Waals surface area (Å²) in [5.41, 5.74) is 0. The van der Waals surface area contributed by atoms with Gasteiger partial charge in [0.1, 0.15) is 0 Å². The smallest absolute Gasteiger partial charge is 0.0300 e. The molecule has 0 spiro atoms. The maximum atomic E-state index is 3.44. The van der Waals surface area contributed by atoms with Gasteiger partial charge in [-0.1, -0.05) is 6.92 Å². The Morgan fingerprint density at radius 1 is 1.38 bits per heavy atom. The Kier molecular flexibility index (Phi) is 5.62. The normalized spacial score (nSPS) is 10.6. The molecule has 0 atom stereocenters. The Morgan fingerprint density at radius 3 is 2.77 bits per heavy atom. The molecule has 13 heavy (non-hydrogen) atoms. The van der Waals surface area contributed by atoms with E-state index in [9.17, 15) is 0 Å². The molecular formula is C9H15BrN2S. The van der Waals surface area contributed by atoms with Gasteiger partial charge in [0, 0.05) is 34.4 Å². The monoisotopic (exact) mass is 262 g/mol. The lowest BCUT2D eigenvalue weighted by molar-refractivity contribution is 0.628. The third-order valence-corrected chi connectivity index (χ3v) is 3.35. The molecule has 2 nitrogen and oxygen atoms in total. The first-order valence-corrected chi connectivity index (χ1v) is 6.14. The number of nitrogens with one attached hydrogen (secondary N) is 2. The summed E-state index contributed by atoms with van der Waals surface area (Å²) in [4.78, 5) is 1.38. The fourth-order valence-electron chi connectivity index (χ4n) is 1.01. The average molecular weight is 263 g/mol. The average Bonchev–Trinajstić information content (AvgIpc) is 2.51. The van der Waals surface area contributed by atoms with Crippen molar-refractivity contribution >= 4 is 27.3 Å². The first kappa shape index (κ1) is 11.2. The van der Waals surface area contributed by atoms with Crippen LogP contribution in [0.15, 0.2) is 15.9 Å². The topological polar surface area (TPSA) is 24.1 Å². The second-order valence-electron chi connectivity index (χ2n) is 2.76. The van der Waals surface area contributed by atoms with Crippen molar-refractivity contribution < 1.29 is 0 Å². The molecule has 0 saturated carbocycles. The Morgan fingerprint density at radius 2 is 2.15 bits per heavy atom. The molecule has 2 N–H and O–H groups in total. The minimum atomic E-state index is 0.974. The minimum Gasteiger partial charge on any atom is -0.316 e. The first-order chi connectivity index (χ1) is 6.33. The number of hydrogen-bond acceptors (Lipinski definition) is 3. The number of hydrogen-bond donors (Lipinski definition) is 2. The van der Waals surface area contributed by atoms with Crippen LogP contribution >= 0.6 is 27.3 Å². The highest BCUT2D eigenvalue weighted by molar-refractivity contribution is 9.10. The number of rotatable bonds is 6. The van der Waals surface area contributed by atoms with E-state index in [1.54, 1.807) is 11.3 Å². The Balaban J connectivity index is 2.06. The zero-order valence-electron chi connectivity index (χ0n) is 7.77. The molecule has 1 heterocycles. The van der Waals surface area contributed by atoms with Crippen LogP contribution in [0.25, 0.3) is 0 Å². The van der Waals surface area contributed by atoms with Gasteiger partial charge in [-0.05, 0) is 28.5 Å². The molecule has 74 valence electrons. The number of thiophene rings is 1. The highest BCUT2D eigenvalue weighted by Gasteiger charge is 1.95. The van der Waals surface area contributed by atoms with Gasteiger partial charge >= 0.3 is 0 Å². The molecular weight excluding hydrogens is 248 g/mol. The third-order valence-electron chi connectivity index (χ3n) is 1.65. The van der Waals surface area contributed by atoms with Crippen LogP contribution in [-0.4, -0.2) is 19.6 Å². The fourth-order valence-corrected chi connectivity index (χ4v) is 2.43. The van der Waals surface area contributed by atoms with E-state index in [0.717, 1.165) is 26.2 Å². The van der Waals surface area contributed by atoms with Crippen LogP contribution in [0.2, 0.25) is 0 Å². The van der Waals surface area contributed by atoms with Crippen LogP contribution < -0.4 is 10.6 Å². The van der Waals surface area contributed by atoms with Gasteiger partial charge in [-0.3, -0.25) is 0 Å². The van der Waals surface area contributed by atoms with Gasteiger partial charge in [-0.15, -0.1) is 11.3 Å². The van der Waals surface area contributed by atoms with Crippen molar-refractivity contribution in [1.82, 2.24) is 10.6 Å². The van der Waals surface area contributed by atoms with E-state index >= 15 is 0 Å². The number of halogens is 1. The molecule has 0 aliphatic rings. The van der Waals surface area contributed by atoms with E-state index in [0.29, 0.717) is 0 Å². The number of likely N-dealkylation sites (N-methyl/N-ethyl adjacent to an activating group) is 1. The molecule has 1 rings (SSSR count). The van der Waals surface area contributed by atoms with E-state index in [1.165, 1.54) is 9.35 Å². The second-order valence-corrected chi connectivity index (χ2v) is 4.67. The van der Waals surface area contributed by atoms with Gasteiger partial charge < -0.3 is 10.6 Å². The zero-order valence-corrected chi connectivity index (χ0v) is 10.2. The molecule has 0 saturated heterocycles. The third kappa shape index (κ3) is 4.76. The summed E-state index contributed by atoms with van der Waals surface area (Å²) in [6.45, 7) is 6.22. The van der Waals surface area contributed by atoms with Crippen LogP contribution in [0.4, 0.5) is 0 Å². The van der Waals surface area contributed by atoms with Crippen LogP contribution in [-0.2, 0) is 6.54 Å². The SMILES string of the molecule is CCNCCNCc1cc(Br)cs1. The summed E-state index contributed by atoms with van der Waals surface area (Å²) in [6.07, 6.45) is 0. The largest absolute Gasteiger partial charge is 0.316 e. The molecule has 0 aromatic carbocycles. The highest BCUT2D eigenvalue weighted by atomic mass is 79.9. The zero-order chi connectivity index (χ0) is 9.52. The Hall–Kier alpha value is 0.1000. The van der Waals surface area contributed by atoms with Crippen LogP contribution in [0.3, 0.4) is 0 Å². The van der Waals surface area contributed by atoms with Crippen molar-refractivity contribution in [2.75, 3.05) is 19.6 Å². The second kappa shape index (κ2) is 6.54. The van der Waals surface area contributed by atoms with Gasteiger partial charge in [0.2, 0.25) is 0 Å². The van der Waals surface area contributed by atoms with Crippen molar-refractivity contribution in [2.24, 2.45) is 0 Å². The summed E-state index contributed by atoms with van der Waals surface area (Å²) < 4.78 is 1.18. The lowest BCUT2D eigenvalue weighted by Crippen LogP contribution is -2.26. The lowest BCUT2D eigenvalue weighted by atomic mass is 10.4. The quantitative estimate of drug-likeness (QED) is 0.769. The first-order valence-electron chi connectivity index (χ1n) is 4.47. The van der Waals surface area contributed by atoms with E-state index in [-0.39, 0.29) is 0 Å². The van der Waals surface area contributed by atoms with Crippen LogP contribution in [0, 0.1) is 0 Å². The summed E-state index contributed by atoms with van der Waals surface area (Å²) in [5, 5.41) is 8.76. The molecule has 0 bridgehead atoms. The molecule has 0 aliphatic heterocycles. The van der Waals surface area contributed by atoms with Gasteiger partial charge in [0.25, 0.3) is 0 Å². The maximum absolute atomic E-state index is 3.44. The molecule has 1 aromatic heterocycles. The van der Waals surface area contributed by atoms with Gasteiger partial charge in [0.05, 0.1) is 0 Å². The predicted molar refractivity (Wildman–Crippen MR) is 62.3 cm³/mol. The maximum Gasteiger partial charge on any atom is 0.0300 e. The molecule has 1 aromatic rings. The molecule has 0 fully saturated rings. The molecule has 0 unspecified atom stereocenters. The van der Waals surface area contributed by atoms with E-state index in [2.05, 4.69) is 44.9 Å². The minimum absolute atomic E-state index is 0.974. The summed E-state index contributed by atoms with van der Waals surface area (Å²) in [5.74, 6) is 0. The van der Waals surface area contributed by atoms with Crippen molar-refractivity contribution in [2.45, 2.75) is 13.5 Å². The molecule has 0 amide bonds. The van der Waals surface area contributed by atoms with E-state index < -0.39 is 0 Å². The molecule has 0 aliphatic carbocycles. The van der Waals surface area contributed by atoms with E-state index in [1.807, 2.05) is 0 Å². The Bertz CT molecular complexity index is 237. The van der Waals surface area contributed by atoms with Crippen LogP contribution in [0.5, 0.6) is 0 Å². The summed E-state index contributed by atoms with van der Waals surface area (Å²) in [7, 11) is 0. The summed E-state index contributed by atoms with van der Waals surface area (Å²) >= 11 is 5.22. The van der Waals surface area contributed by atoms with Crippen molar-refractivity contribution in [1.29, 1.82) is 0 Å². The van der Waals surface area contributed by atoms with Gasteiger partial charge in [-0.25, -0.2) is 0 Å². The summed E-state index contributed by atoms with van der Waals surface area (Å²) in [6, 6.07) is 2.16. The highest BCUT2D eigenvalue weighted by Crippen LogP contribution is 2.19. The van der Waals surface area contributed by atoms with Crippen molar-refractivity contribution in [3.63, 3.8) is 0 Å². The van der Waals surface area contributed by atoms with Crippen molar-refractivity contribution in [3.8, 4) is 0 Å². The lowest BCUT2D eigenvalue weighted by Gasteiger charge is -2.02. The Labute approximate surface area is 91.9 Å². The van der Waals surface area contributed by atoms with Crippen molar-refractivity contribution in [3.05, 3.63) is 20.8 Å². The van der Waals surface area contributed by atoms with Crippen LogP contribution in [0.1, 0.15) is 11.8 Å². The molecule has 0 radical (unpaired) electrons. The van der Waals surface area contributed by atoms with E-state index in [4.69, 9.17) is 0 Å². The van der Waals surface area contributed by atoms with Gasteiger partial charge in [-0.2, -0.15) is 0 Å². The fraction of sp³-hybridized carbons (Fsp3) is 0.556.